The van der Waals surface area contributed by atoms with Crippen LogP contribution in [0, 0.1) is 10.1 Å². The number of halogens is 3. The molecule has 0 aliphatic rings. The Morgan fingerprint density at radius 1 is 1.19 bits per heavy atom. The number of rotatable bonds is 5. The van der Waals surface area contributed by atoms with E-state index in [1.54, 1.807) is 16.8 Å². The van der Waals surface area contributed by atoms with Gasteiger partial charge < -0.3 is 9.29 Å². The van der Waals surface area contributed by atoms with Gasteiger partial charge in [0, 0.05) is 18.5 Å². The molecule has 0 saturated heterocycles. The summed E-state index contributed by atoms with van der Waals surface area (Å²) in [4.78, 5) is 14.7. The van der Waals surface area contributed by atoms with Crippen molar-refractivity contribution in [3.8, 4) is 5.69 Å². The molecule has 1 heterocycles. The molecule has 2 aromatic carbocycles. The fourth-order valence-corrected chi connectivity index (χ4v) is 3.00. The molecule has 0 radical (unpaired) electrons. The summed E-state index contributed by atoms with van der Waals surface area (Å²) in [6, 6.07) is 9.20. The molecule has 0 amide bonds. The maximum atomic E-state index is 13.0. The highest BCUT2D eigenvalue weighted by molar-refractivity contribution is 8.00. The Morgan fingerprint density at radius 3 is 2.62 bits per heavy atom. The van der Waals surface area contributed by atoms with Crippen molar-refractivity contribution in [2.75, 3.05) is 4.72 Å². The number of nitro groups is 1. The quantitative estimate of drug-likeness (QED) is 0.386. The van der Waals surface area contributed by atoms with Gasteiger partial charge in [-0.2, -0.15) is 13.2 Å². The summed E-state index contributed by atoms with van der Waals surface area (Å²) in [6.07, 6.45) is 0.0246. The van der Waals surface area contributed by atoms with Gasteiger partial charge in [-0.25, -0.2) is 4.98 Å². The van der Waals surface area contributed by atoms with Gasteiger partial charge in [0.1, 0.15) is 4.90 Å². The number of imidazole rings is 1. The monoisotopic (exact) mass is 380 g/mol. The van der Waals surface area contributed by atoms with Gasteiger partial charge in [-0.15, -0.1) is 0 Å². The Kier molecular flexibility index (Phi) is 4.85. The zero-order chi connectivity index (χ0) is 18.7. The second-order valence-corrected chi connectivity index (χ2v) is 5.98. The minimum Gasteiger partial charge on any atom is -0.324 e. The summed E-state index contributed by atoms with van der Waals surface area (Å²) in [7, 11) is 0. The van der Waals surface area contributed by atoms with Crippen LogP contribution in [-0.4, -0.2) is 14.5 Å². The zero-order valence-electron chi connectivity index (χ0n) is 13.0. The highest BCUT2D eigenvalue weighted by Crippen LogP contribution is 2.36. The molecule has 0 saturated carbocycles. The molecular weight excluding hydrogens is 369 g/mol. The Labute approximate surface area is 150 Å². The van der Waals surface area contributed by atoms with E-state index in [4.69, 9.17) is 0 Å². The standard InChI is InChI=1S/C16H11F3N4O2S/c17-16(18,19)11-5-6-13(22-8-7-20-10-22)12(9-11)21-26-15-4-2-1-3-14(15)23(24)25/h1-10,21H. The van der Waals surface area contributed by atoms with Crippen molar-refractivity contribution < 1.29 is 18.1 Å². The fourth-order valence-electron chi connectivity index (χ4n) is 2.23. The molecule has 26 heavy (non-hydrogen) atoms. The van der Waals surface area contributed by atoms with E-state index in [1.807, 2.05) is 0 Å². The molecule has 1 N–H and O–H groups in total. The van der Waals surface area contributed by atoms with Gasteiger partial charge >= 0.3 is 6.18 Å². The van der Waals surface area contributed by atoms with Crippen molar-refractivity contribution in [2.24, 2.45) is 0 Å². The summed E-state index contributed by atoms with van der Waals surface area (Å²) in [5.74, 6) is 0. The summed E-state index contributed by atoms with van der Waals surface area (Å²) < 4.78 is 43.4. The van der Waals surface area contributed by atoms with Crippen LogP contribution < -0.4 is 4.72 Å². The predicted molar refractivity (Wildman–Crippen MR) is 91.1 cm³/mol. The smallest absolute Gasteiger partial charge is 0.324 e. The molecule has 0 aliphatic heterocycles. The van der Waals surface area contributed by atoms with E-state index in [9.17, 15) is 23.3 Å². The third-order valence-corrected chi connectivity index (χ3v) is 4.33. The molecule has 0 aliphatic carbocycles. The zero-order valence-corrected chi connectivity index (χ0v) is 13.8. The van der Waals surface area contributed by atoms with Crippen LogP contribution in [0.4, 0.5) is 24.5 Å². The number of anilines is 1. The lowest BCUT2D eigenvalue weighted by Crippen LogP contribution is -2.07. The number of nitrogens with one attached hydrogen (secondary N) is 1. The number of para-hydroxylation sites is 1. The minimum absolute atomic E-state index is 0.138. The van der Waals surface area contributed by atoms with Gasteiger partial charge in [-0.1, -0.05) is 12.1 Å². The van der Waals surface area contributed by atoms with Crippen molar-refractivity contribution >= 4 is 23.3 Å². The van der Waals surface area contributed by atoms with Crippen LogP contribution in [0.25, 0.3) is 5.69 Å². The number of hydrogen-bond donors (Lipinski definition) is 1. The van der Waals surface area contributed by atoms with E-state index in [0.717, 1.165) is 24.1 Å². The van der Waals surface area contributed by atoms with Gasteiger partial charge in [0.25, 0.3) is 5.69 Å². The van der Waals surface area contributed by atoms with Crippen molar-refractivity contribution in [1.29, 1.82) is 0 Å². The fraction of sp³-hybridized carbons (Fsp3) is 0.0625. The third-order valence-electron chi connectivity index (χ3n) is 3.44. The van der Waals surface area contributed by atoms with Crippen molar-refractivity contribution in [2.45, 2.75) is 11.1 Å². The number of aromatic nitrogens is 2. The molecule has 0 unspecified atom stereocenters. The first-order valence-corrected chi connectivity index (χ1v) is 8.04. The van der Waals surface area contributed by atoms with Crippen LogP contribution in [0.3, 0.4) is 0 Å². The van der Waals surface area contributed by atoms with Crippen molar-refractivity contribution in [3.05, 3.63) is 76.9 Å². The molecule has 10 heteroatoms. The van der Waals surface area contributed by atoms with E-state index in [0.29, 0.717) is 5.69 Å². The number of alkyl halides is 3. The first-order chi connectivity index (χ1) is 12.4. The highest BCUT2D eigenvalue weighted by atomic mass is 32.2. The maximum Gasteiger partial charge on any atom is 0.416 e. The number of nitrogens with zero attached hydrogens (tertiary/aromatic N) is 3. The van der Waals surface area contributed by atoms with E-state index in [2.05, 4.69) is 9.71 Å². The first-order valence-electron chi connectivity index (χ1n) is 7.22. The lowest BCUT2D eigenvalue weighted by atomic mass is 10.1. The third kappa shape index (κ3) is 3.80. The van der Waals surface area contributed by atoms with Gasteiger partial charge in [0.15, 0.2) is 0 Å². The van der Waals surface area contributed by atoms with Crippen LogP contribution in [0.2, 0.25) is 0 Å². The van der Waals surface area contributed by atoms with E-state index in [-0.39, 0.29) is 16.3 Å². The van der Waals surface area contributed by atoms with Gasteiger partial charge in [-0.3, -0.25) is 10.1 Å². The molecular formula is C16H11F3N4O2S. The Hall–Kier alpha value is -3.01. The van der Waals surface area contributed by atoms with E-state index in [1.165, 1.54) is 36.8 Å². The lowest BCUT2D eigenvalue weighted by Gasteiger charge is -2.15. The molecule has 6 nitrogen and oxygen atoms in total. The highest BCUT2D eigenvalue weighted by Gasteiger charge is 2.31. The van der Waals surface area contributed by atoms with Crippen LogP contribution in [-0.2, 0) is 6.18 Å². The lowest BCUT2D eigenvalue weighted by molar-refractivity contribution is -0.387. The average Bonchev–Trinajstić information content (AvgIpc) is 3.13. The van der Waals surface area contributed by atoms with Crippen LogP contribution >= 0.6 is 11.9 Å². The summed E-state index contributed by atoms with van der Waals surface area (Å²) >= 11 is 0.866. The molecule has 3 rings (SSSR count). The normalized spacial score (nSPS) is 11.3. The van der Waals surface area contributed by atoms with Crippen molar-refractivity contribution in [1.82, 2.24) is 9.55 Å². The number of benzene rings is 2. The number of hydrogen-bond acceptors (Lipinski definition) is 5. The molecule has 0 atom stereocenters. The minimum atomic E-state index is -4.51. The second kappa shape index (κ2) is 7.08. The molecule has 1 aromatic heterocycles. The van der Waals surface area contributed by atoms with Gasteiger partial charge in [0.05, 0.1) is 28.2 Å². The summed E-state index contributed by atoms with van der Waals surface area (Å²) in [5.41, 5.74) is -0.379. The number of nitro benzene ring substituents is 1. The average molecular weight is 380 g/mol. The Balaban J connectivity index is 1.96. The maximum absolute atomic E-state index is 13.0. The molecule has 0 spiro atoms. The summed E-state index contributed by atoms with van der Waals surface area (Å²) in [5, 5.41) is 11.1. The molecule has 3 aromatic rings. The van der Waals surface area contributed by atoms with Gasteiger partial charge in [0.2, 0.25) is 0 Å². The largest absolute Gasteiger partial charge is 0.416 e. The summed E-state index contributed by atoms with van der Waals surface area (Å²) in [6.45, 7) is 0. The van der Waals surface area contributed by atoms with E-state index < -0.39 is 16.7 Å². The van der Waals surface area contributed by atoms with Crippen LogP contribution in [0.15, 0.2) is 66.1 Å². The first kappa shape index (κ1) is 17.8. The molecule has 0 fully saturated rings. The second-order valence-electron chi connectivity index (χ2n) is 5.13. The van der Waals surface area contributed by atoms with Crippen molar-refractivity contribution in [3.63, 3.8) is 0 Å². The topological polar surface area (TPSA) is 73.0 Å². The van der Waals surface area contributed by atoms with E-state index >= 15 is 0 Å². The molecule has 0 bridgehead atoms. The Morgan fingerprint density at radius 2 is 1.96 bits per heavy atom. The van der Waals surface area contributed by atoms with Crippen LogP contribution in [0.1, 0.15) is 5.56 Å². The predicted octanol–water partition coefficient (Wildman–Crippen LogP) is 4.92. The van der Waals surface area contributed by atoms with Gasteiger partial charge in [-0.05, 0) is 36.2 Å². The Bertz CT molecular complexity index is 929. The SMILES string of the molecule is O=[N+]([O-])c1ccccc1SNc1cc(C(F)(F)F)ccc1-n1ccnc1. The molecule has 134 valence electrons. The van der Waals surface area contributed by atoms with Crippen LogP contribution in [0.5, 0.6) is 0 Å².